The molecule has 3 aliphatic rings. The van der Waals surface area contributed by atoms with Crippen LogP contribution in [0.25, 0.3) is 0 Å². The molecule has 19 heavy (non-hydrogen) atoms. The molecule has 108 valence electrons. The maximum atomic E-state index is 12.1. The average molecular weight is 270 g/mol. The highest BCUT2D eigenvalue weighted by Crippen LogP contribution is 2.32. The van der Waals surface area contributed by atoms with Gasteiger partial charge in [0.1, 0.15) is 18.3 Å². The summed E-state index contributed by atoms with van der Waals surface area (Å²) < 4.78 is 16.5. The second-order valence-electron chi connectivity index (χ2n) is 6.10. The highest BCUT2D eigenvalue weighted by atomic mass is 16.6. The monoisotopic (exact) mass is 270 g/mol. The van der Waals surface area contributed by atoms with Gasteiger partial charge in [-0.1, -0.05) is 6.92 Å². The van der Waals surface area contributed by atoms with E-state index < -0.39 is 6.10 Å². The van der Waals surface area contributed by atoms with E-state index in [0.717, 1.165) is 31.6 Å². The molecule has 0 unspecified atom stereocenters. The zero-order valence-electron chi connectivity index (χ0n) is 11.3. The SMILES string of the molecule is CC1CCC(C(=O)O[C@H]2CO[C@H]3[C@@H]2OC[C@H]3O)CC1. The van der Waals surface area contributed by atoms with Gasteiger partial charge < -0.3 is 19.3 Å². The molecule has 0 aromatic carbocycles. The normalized spacial score (nSPS) is 46.0. The molecule has 0 aromatic rings. The standard InChI is InChI=1S/C14H22O5/c1-8-2-4-9(5-3-8)14(16)19-11-7-18-12-10(15)6-17-13(11)12/h8-13,15H,2-7H2,1H3/t8?,9?,10-,11+,12-,13-/m1/s1. The Kier molecular flexibility index (Phi) is 3.78. The number of carbonyl (C=O) groups excluding carboxylic acids is 1. The van der Waals surface area contributed by atoms with Crippen molar-refractivity contribution < 1.29 is 24.1 Å². The van der Waals surface area contributed by atoms with Crippen molar-refractivity contribution in [3.8, 4) is 0 Å². The predicted octanol–water partition coefficient (Wildman–Crippen LogP) is 0.883. The van der Waals surface area contributed by atoms with Gasteiger partial charge in [0.2, 0.25) is 0 Å². The largest absolute Gasteiger partial charge is 0.457 e. The number of aliphatic hydroxyl groups excluding tert-OH is 1. The molecule has 0 radical (unpaired) electrons. The van der Waals surface area contributed by atoms with Crippen molar-refractivity contribution in [3.05, 3.63) is 0 Å². The van der Waals surface area contributed by atoms with Gasteiger partial charge in [-0.25, -0.2) is 0 Å². The van der Waals surface area contributed by atoms with Gasteiger partial charge in [-0.15, -0.1) is 0 Å². The minimum atomic E-state index is -0.593. The fraction of sp³-hybridized carbons (Fsp3) is 0.929. The first kappa shape index (κ1) is 13.3. The van der Waals surface area contributed by atoms with Crippen molar-refractivity contribution in [1.82, 2.24) is 0 Å². The Bertz CT molecular complexity index is 337. The molecule has 3 fully saturated rings. The van der Waals surface area contributed by atoms with Crippen LogP contribution in [0.4, 0.5) is 0 Å². The number of ether oxygens (including phenoxy) is 3. The number of aliphatic hydroxyl groups is 1. The van der Waals surface area contributed by atoms with Crippen LogP contribution in [0.1, 0.15) is 32.6 Å². The van der Waals surface area contributed by atoms with Crippen molar-refractivity contribution in [3.63, 3.8) is 0 Å². The third kappa shape index (κ3) is 2.64. The molecule has 2 aliphatic heterocycles. The zero-order valence-corrected chi connectivity index (χ0v) is 11.3. The summed E-state index contributed by atoms with van der Waals surface area (Å²) in [6, 6.07) is 0. The van der Waals surface area contributed by atoms with E-state index in [2.05, 4.69) is 6.92 Å². The molecule has 1 aliphatic carbocycles. The van der Waals surface area contributed by atoms with Crippen LogP contribution in [0.5, 0.6) is 0 Å². The third-order valence-electron chi connectivity index (χ3n) is 4.60. The van der Waals surface area contributed by atoms with Crippen molar-refractivity contribution in [1.29, 1.82) is 0 Å². The highest BCUT2D eigenvalue weighted by molar-refractivity contribution is 5.72. The number of hydrogen-bond acceptors (Lipinski definition) is 5. The lowest BCUT2D eigenvalue weighted by Crippen LogP contribution is -2.36. The lowest BCUT2D eigenvalue weighted by atomic mass is 9.83. The van der Waals surface area contributed by atoms with Gasteiger partial charge in [0, 0.05) is 0 Å². The molecule has 3 rings (SSSR count). The van der Waals surface area contributed by atoms with Gasteiger partial charge >= 0.3 is 5.97 Å². The summed E-state index contributed by atoms with van der Waals surface area (Å²) in [4.78, 5) is 12.1. The Morgan fingerprint density at radius 3 is 2.53 bits per heavy atom. The van der Waals surface area contributed by atoms with E-state index in [0.29, 0.717) is 6.61 Å². The number of fused-ring (bicyclic) bond motifs is 1. The number of rotatable bonds is 2. The molecule has 2 heterocycles. The van der Waals surface area contributed by atoms with E-state index in [1.165, 1.54) is 0 Å². The van der Waals surface area contributed by atoms with Crippen LogP contribution in [0.2, 0.25) is 0 Å². The minimum Gasteiger partial charge on any atom is -0.457 e. The Morgan fingerprint density at radius 2 is 1.79 bits per heavy atom. The van der Waals surface area contributed by atoms with Gasteiger partial charge in [0.25, 0.3) is 0 Å². The molecular weight excluding hydrogens is 248 g/mol. The van der Waals surface area contributed by atoms with Crippen LogP contribution in [0.15, 0.2) is 0 Å². The van der Waals surface area contributed by atoms with Gasteiger partial charge in [-0.05, 0) is 31.6 Å². The summed E-state index contributed by atoms with van der Waals surface area (Å²) in [5, 5.41) is 9.64. The predicted molar refractivity (Wildman–Crippen MR) is 66.5 cm³/mol. The summed E-state index contributed by atoms with van der Waals surface area (Å²) in [6.07, 6.45) is 2.48. The molecule has 1 N–H and O–H groups in total. The van der Waals surface area contributed by atoms with Crippen LogP contribution in [-0.4, -0.2) is 48.7 Å². The highest BCUT2D eigenvalue weighted by Gasteiger charge is 2.49. The van der Waals surface area contributed by atoms with E-state index in [-0.39, 0.29) is 36.8 Å². The maximum Gasteiger partial charge on any atom is 0.309 e. The van der Waals surface area contributed by atoms with Gasteiger partial charge in [-0.3, -0.25) is 4.79 Å². The van der Waals surface area contributed by atoms with Crippen LogP contribution in [-0.2, 0) is 19.0 Å². The molecule has 0 spiro atoms. The first-order valence-electron chi connectivity index (χ1n) is 7.27. The van der Waals surface area contributed by atoms with Gasteiger partial charge in [0.05, 0.1) is 19.1 Å². The van der Waals surface area contributed by atoms with E-state index in [1.807, 2.05) is 0 Å². The Morgan fingerprint density at radius 1 is 1.11 bits per heavy atom. The van der Waals surface area contributed by atoms with Crippen molar-refractivity contribution in [2.24, 2.45) is 11.8 Å². The van der Waals surface area contributed by atoms with E-state index in [4.69, 9.17) is 14.2 Å². The number of hydrogen-bond donors (Lipinski definition) is 1. The molecule has 0 bridgehead atoms. The van der Waals surface area contributed by atoms with Crippen molar-refractivity contribution in [2.75, 3.05) is 13.2 Å². The summed E-state index contributed by atoms with van der Waals surface area (Å²) >= 11 is 0. The molecular formula is C14H22O5. The Labute approximate surface area is 113 Å². The summed E-state index contributed by atoms with van der Waals surface area (Å²) in [6.45, 7) is 2.83. The maximum absolute atomic E-state index is 12.1. The first-order valence-corrected chi connectivity index (χ1v) is 7.27. The topological polar surface area (TPSA) is 65.0 Å². The van der Waals surface area contributed by atoms with Gasteiger partial charge in [-0.2, -0.15) is 0 Å². The second-order valence-corrected chi connectivity index (χ2v) is 6.10. The lowest BCUT2D eigenvalue weighted by Gasteiger charge is -2.26. The lowest BCUT2D eigenvalue weighted by molar-refractivity contribution is -0.160. The molecule has 1 saturated carbocycles. The van der Waals surface area contributed by atoms with Crippen LogP contribution < -0.4 is 0 Å². The quantitative estimate of drug-likeness (QED) is 0.755. The number of esters is 1. The molecule has 4 atom stereocenters. The summed E-state index contributed by atoms with van der Waals surface area (Å²) in [5.74, 6) is 0.629. The van der Waals surface area contributed by atoms with Gasteiger partial charge in [0.15, 0.2) is 6.10 Å². The van der Waals surface area contributed by atoms with Crippen LogP contribution in [0, 0.1) is 11.8 Å². The summed E-state index contributed by atoms with van der Waals surface area (Å²) in [5.41, 5.74) is 0. The van der Waals surface area contributed by atoms with Crippen LogP contribution in [0.3, 0.4) is 0 Å². The van der Waals surface area contributed by atoms with E-state index in [1.54, 1.807) is 0 Å². The zero-order chi connectivity index (χ0) is 13.4. The van der Waals surface area contributed by atoms with E-state index in [9.17, 15) is 9.90 Å². The summed E-state index contributed by atoms with van der Waals surface area (Å²) in [7, 11) is 0. The Hall–Kier alpha value is -0.650. The molecule has 5 nitrogen and oxygen atoms in total. The first-order chi connectivity index (χ1) is 9.15. The average Bonchev–Trinajstić information content (AvgIpc) is 2.95. The third-order valence-corrected chi connectivity index (χ3v) is 4.60. The Balaban J connectivity index is 1.53. The van der Waals surface area contributed by atoms with E-state index >= 15 is 0 Å². The molecule has 0 aromatic heterocycles. The fourth-order valence-corrected chi connectivity index (χ4v) is 3.29. The smallest absolute Gasteiger partial charge is 0.309 e. The number of carbonyl (C=O) groups is 1. The molecule has 0 amide bonds. The van der Waals surface area contributed by atoms with Crippen molar-refractivity contribution in [2.45, 2.75) is 57.0 Å². The van der Waals surface area contributed by atoms with Crippen molar-refractivity contribution >= 4 is 5.97 Å². The van der Waals surface area contributed by atoms with Crippen LogP contribution >= 0.6 is 0 Å². The molecule has 5 heteroatoms. The fourth-order valence-electron chi connectivity index (χ4n) is 3.29. The second kappa shape index (κ2) is 5.38. The minimum absolute atomic E-state index is 0.0292. The molecule has 2 saturated heterocycles.